The van der Waals surface area contributed by atoms with E-state index >= 15 is 0 Å². The van der Waals surface area contributed by atoms with Crippen molar-refractivity contribution in [1.29, 1.82) is 0 Å². The molecule has 0 atom stereocenters. The van der Waals surface area contributed by atoms with Crippen molar-refractivity contribution >= 4 is 5.82 Å². The molecule has 0 unspecified atom stereocenters. The van der Waals surface area contributed by atoms with Crippen LogP contribution >= 0.6 is 0 Å². The highest BCUT2D eigenvalue weighted by atomic mass is 16.5. The summed E-state index contributed by atoms with van der Waals surface area (Å²) in [5.41, 5.74) is 0. The maximum atomic E-state index is 4.97. The number of aromatic nitrogens is 1. The highest BCUT2D eigenvalue weighted by molar-refractivity contribution is 5.38. The summed E-state index contributed by atoms with van der Waals surface area (Å²) in [4.78, 5) is 6.09. The van der Waals surface area contributed by atoms with Gasteiger partial charge in [0.15, 0.2) is 0 Å². The molecule has 3 heteroatoms. The molecule has 0 amide bonds. The lowest BCUT2D eigenvalue weighted by atomic mass is 10.4. The Hall–Kier alpha value is -1.25. The summed E-state index contributed by atoms with van der Waals surface area (Å²) < 4.78 is 4.97. The van der Waals surface area contributed by atoms with Crippen LogP contribution in [-0.2, 0) is 0 Å². The van der Waals surface area contributed by atoms with Crippen molar-refractivity contribution in [3.05, 3.63) is 18.3 Å². The Labute approximate surface area is 66.6 Å². The first-order valence-corrected chi connectivity index (χ1v) is 3.41. The molecular weight excluding hydrogens is 140 g/mol. The second-order valence-electron chi connectivity index (χ2n) is 2.45. The Bertz CT molecular complexity index is 218. The van der Waals surface area contributed by atoms with Crippen molar-refractivity contribution in [3.63, 3.8) is 0 Å². The standard InChI is InChI=1S/C8H12N2O/c1-10(2)8-5-4-7(11-3)6-9-8/h4-6H,1-3H3. The molecule has 0 aromatic carbocycles. The molecule has 60 valence electrons. The lowest BCUT2D eigenvalue weighted by molar-refractivity contribution is 0.413. The number of methoxy groups -OCH3 is 1. The molecule has 1 aromatic heterocycles. The molecule has 0 aliphatic heterocycles. The predicted octanol–water partition coefficient (Wildman–Crippen LogP) is 1.16. The minimum absolute atomic E-state index is 0.788. The Kier molecular flexibility index (Phi) is 2.31. The maximum Gasteiger partial charge on any atom is 0.137 e. The molecule has 0 N–H and O–H groups in total. The van der Waals surface area contributed by atoms with Crippen LogP contribution in [0.3, 0.4) is 0 Å². The molecule has 0 radical (unpaired) electrons. The highest BCUT2D eigenvalue weighted by Crippen LogP contribution is 2.12. The van der Waals surface area contributed by atoms with E-state index in [0.717, 1.165) is 11.6 Å². The maximum absolute atomic E-state index is 4.97. The number of rotatable bonds is 2. The van der Waals surface area contributed by atoms with Crippen LogP contribution in [0.15, 0.2) is 18.3 Å². The van der Waals surface area contributed by atoms with E-state index in [2.05, 4.69) is 4.98 Å². The zero-order valence-corrected chi connectivity index (χ0v) is 7.03. The Morgan fingerprint density at radius 2 is 2.09 bits per heavy atom. The fourth-order valence-corrected chi connectivity index (χ4v) is 0.758. The molecule has 0 aliphatic rings. The van der Waals surface area contributed by atoms with Crippen LogP contribution in [0.2, 0.25) is 0 Å². The zero-order chi connectivity index (χ0) is 8.27. The van der Waals surface area contributed by atoms with Crippen molar-refractivity contribution < 1.29 is 4.74 Å². The van der Waals surface area contributed by atoms with Gasteiger partial charge in [0.1, 0.15) is 11.6 Å². The van der Waals surface area contributed by atoms with Crippen LogP contribution in [0.1, 0.15) is 0 Å². The van der Waals surface area contributed by atoms with Crippen LogP contribution in [0, 0.1) is 0 Å². The van der Waals surface area contributed by atoms with Crippen molar-refractivity contribution in [2.24, 2.45) is 0 Å². The molecule has 1 aromatic rings. The van der Waals surface area contributed by atoms with E-state index in [1.807, 2.05) is 31.1 Å². The van der Waals surface area contributed by atoms with Gasteiger partial charge < -0.3 is 9.64 Å². The second kappa shape index (κ2) is 3.23. The third-order valence-electron chi connectivity index (χ3n) is 1.41. The molecule has 1 rings (SSSR count). The van der Waals surface area contributed by atoms with Crippen molar-refractivity contribution in [2.45, 2.75) is 0 Å². The first-order chi connectivity index (χ1) is 5.24. The molecule has 0 saturated carbocycles. The van der Waals surface area contributed by atoms with Gasteiger partial charge in [-0.05, 0) is 12.1 Å². The second-order valence-corrected chi connectivity index (χ2v) is 2.45. The molecule has 3 nitrogen and oxygen atoms in total. The van der Waals surface area contributed by atoms with Gasteiger partial charge >= 0.3 is 0 Å². The minimum Gasteiger partial charge on any atom is -0.495 e. The van der Waals surface area contributed by atoms with Crippen molar-refractivity contribution in [3.8, 4) is 5.75 Å². The molecule has 1 heterocycles. The molecule has 0 spiro atoms. The summed E-state index contributed by atoms with van der Waals surface area (Å²) in [6.07, 6.45) is 1.70. The van der Waals surface area contributed by atoms with E-state index in [0.29, 0.717) is 0 Å². The normalized spacial score (nSPS) is 9.36. The minimum atomic E-state index is 0.788. The summed E-state index contributed by atoms with van der Waals surface area (Å²) >= 11 is 0. The van der Waals surface area contributed by atoms with Gasteiger partial charge in [0, 0.05) is 14.1 Å². The number of pyridine rings is 1. The van der Waals surface area contributed by atoms with Gasteiger partial charge in [0.05, 0.1) is 13.3 Å². The van der Waals surface area contributed by atoms with Crippen LogP contribution in [0.5, 0.6) is 5.75 Å². The van der Waals surface area contributed by atoms with Gasteiger partial charge in [-0.3, -0.25) is 0 Å². The molecule has 0 fully saturated rings. The molecule has 0 aliphatic carbocycles. The average molecular weight is 152 g/mol. The summed E-state index contributed by atoms with van der Waals surface area (Å²) in [6, 6.07) is 3.81. The van der Waals surface area contributed by atoms with Gasteiger partial charge in [-0.1, -0.05) is 0 Å². The lowest BCUT2D eigenvalue weighted by Crippen LogP contribution is -2.09. The van der Waals surface area contributed by atoms with E-state index in [9.17, 15) is 0 Å². The van der Waals surface area contributed by atoms with E-state index in [1.54, 1.807) is 13.3 Å². The number of nitrogens with zero attached hydrogens (tertiary/aromatic N) is 2. The largest absolute Gasteiger partial charge is 0.495 e. The Morgan fingerprint density at radius 3 is 2.45 bits per heavy atom. The zero-order valence-electron chi connectivity index (χ0n) is 7.03. The van der Waals surface area contributed by atoms with Gasteiger partial charge in [-0.15, -0.1) is 0 Å². The van der Waals surface area contributed by atoms with E-state index in [-0.39, 0.29) is 0 Å². The lowest BCUT2D eigenvalue weighted by Gasteiger charge is -2.10. The van der Waals surface area contributed by atoms with E-state index in [4.69, 9.17) is 4.74 Å². The summed E-state index contributed by atoms with van der Waals surface area (Å²) in [6.45, 7) is 0. The van der Waals surface area contributed by atoms with Crippen molar-refractivity contribution in [1.82, 2.24) is 4.98 Å². The Morgan fingerprint density at radius 1 is 1.36 bits per heavy atom. The molecule has 11 heavy (non-hydrogen) atoms. The van der Waals surface area contributed by atoms with Crippen LogP contribution in [0.4, 0.5) is 5.82 Å². The fraction of sp³-hybridized carbons (Fsp3) is 0.375. The number of ether oxygens (including phenoxy) is 1. The third-order valence-corrected chi connectivity index (χ3v) is 1.41. The number of hydrogen-bond acceptors (Lipinski definition) is 3. The first kappa shape index (κ1) is 7.85. The topological polar surface area (TPSA) is 25.4 Å². The first-order valence-electron chi connectivity index (χ1n) is 3.41. The van der Waals surface area contributed by atoms with Crippen LogP contribution in [0.25, 0.3) is 0 Å². The van der Waals surface area contributed by atoms with E-state index in [1.165, 1.54) is 0 Å². The molecular formula is C8H12N2O. The van der Waals surface area contributed by atoms with E-state index < -0.39 is 0 Å². The quantitative estimate of drug-likeness (QED) is 0.635. The van der Waals surface area contributed by atoms with Gasteiger partial charge in [0.2, 0.25) is 0 Å². The smallest absolute Gasteiger partial charge is 0.137 e. The number of anilines is 1. The summed E-state index contributed by atoms with van der Waals surface area (Å²) in [7, 11) is 5.54. The Balaban J connectivity index is 2.83. The van der Waals surface area contributed by atoms with Gasteiger partial charge in [-0.2, -0.15) is 0 Å². The van der Waals surface area contributed by atoms with Gasteiger partial charge in [-0.25, -0.2) is 4.98 Å². The summed E-state index contributed by atoms with van der Waals surface area (Å²) in [5, 5.41) is 0. The molecule has 0 saturated heterocycles. The summed E-state index contributed by atoms with van der Waals surface area (Å²) in [5.74, 6) is 1.72. The predicted molar refractivity (Wildman–Crippen MR) is 45.1 cm³/mol. The number of hydrogen-bond donors (Lipinski definition) is 0. The fourth-order valence-electron chi connectivity index (χ4n) is 0.758. The average Bonchev–Trinajstić information content (AvgIpc) is 2.05. The third kappa shape index (κ3) is 1.83. The van der Waals surface area contributed by atoms with Crippen LogP contribution < -0.4 is 9.64 Å². The van der Waals surface area contributed by atoms with Crippen LogP contribution in [-0.4, -0.2) is 26.2 Å². The van der Waals surface area contributed by atoms with Crippen molar-refractivity contribution in [2.75, 3.05) is 26.1 Å². The van der Waals surface area contributed by atoms with Gasteiger partial charge in [0.25, 0.3) is 0 Å². The molecule has 0 bridgehead atoms. The monoisotopic (exact) mass is 152 g/mol. The SMILES string of the molecule is COc1ccc(N(C)C)nc1. The highest BCUT2D eigenvalue weighted by Gasteiger charge is 1.95.